The van der Waals surface area contributed by atoms with Crippen molar-refractivity contribution in [2.45, 2.75) is 18.6 Å². The van der Waals surface area contributed by atoms with Crippen molar-refractivity contribution in [1.29, 1.82) is 0 Å². The van der Waals surface area contributed by atoms with Crippen LogP contribution in [0.25, 0.3) is 22.2 Å². The van der Waals surface area contributed by atoms with E-state index in [-0.39, 0.29) is 17.8 Å². The standard InChI is InChI=1S/C30H30FN7O2/c1-3-29(39)36-27-13-23-26(14-28(27)40-21-9-11-38(17-21)20-15-37(2)16-20)33-18-34-30(23)35-19-8-10-32-25(12-19)22-6-4-5-7-24(22)31/h3-8,10,12-14,18,20-21H,1,9,11,15-17H2,2H3,(H,36,39)(H,32,33,34,35). The monoisotopic (exact) mass is 539 g/mol. The van der Waals surface area contributed by atoms with E-state index in [9.17, 15) is 9.18 Å². The molecule has 1 unspecified atom stereocenters. The van der Waals surface area contributed by atoms with Crippen LogP contribution in [0.1, 0.15) is 6.42 Å². The maximum Gasteiger partial charge on any atom is 0.247 e. The minimum Gasteiger partial charge on any atom is -0.487 e. The van der Waals surface area contributed by atoms with Crippen LogP contribution in [0, 0.1) is 5.82 Å². The van der Waals surface area contributed by atoms with Crippen molar-refractivity contribution in [3.63, 3.8) is 0 Å². The Balaban J connectivity index is 1.29. The second kappa shape index (κ2) is 11.0. The Morgan fingerprint density at radius 3 is 2.77 bits per heavy atom. The van der Waals surface area contributed by atoms with Crippen LogP contribution < -0.4 is 15.4 Å². The minimum atomic E-state index is -0.347. The van der Waals surface area contributed by atoms with Gasteiger partial charge < -0.3 is 20.3 Å². The lowest BCUT2D eigenvalue weighted by Crippen LogP contribution is -2.57. The van der Waals surface area contributed by atoms with E-state index in [0.717, 1.165) is 32.6 Å². The highest BCUT2D eigenvalue weighted by Crippen LogP contribution is 2.35. The number of fused-ring (bicyclic) bond motifs is 1. The van der Waals surface area contributed by atoms with Gasteiger partial charge in [0.05, 0.1) is 16.9 Å². The van der Waals surface area contributed by atoms with Gasteiger partial charge in [0.25, 0.3) is 0 Å². The van der Waals surface area contributed by atoms with Gasteiger partial charge in [0, 0.05) is 61.1 Å². The van der Waals surface area contributed by atoms with Gasteiger partial charge in [-0.1, -0.05) is 18.7 Å². The molecule has 2 fully saturated rings. The maximum atomic E-state index is 14.4. The Labute approximate surface area is 231 Å². The number of anilines is 3. The summed E-state index contributed by atoms with van der Waals surface area (Å²) >= 11 is 0. The molecule has 0 bridgehead atoms. The number of nitrogens with zero attached hydrogens (tertiary/aromatic N) is 5. The zero-order chi connectivity index (χ0) is 27.6. The number of hydrogen-bond acceptors (Lipinski definition) is 8. The van der Waals surface area contributed by atoms with E-state index in [1.54, 1.807) is 42.6 Å². The predicted octanol–water partition coefficient (Wildman–Crippen LogP) is 4.47. The third-order valence-electron chi connectivity index (χ3n) is 7.38. The first-order chi connectivity index (χ1) is 19.5. The van der Waals surface area contributed by atoms with Gasteiger partial charge in [-0.15, -0.1) is 0 Å². The van der Waals surface area contributed by atoms with Crippen molar-refractivity contribution in [3.8, 4) is 17.0 Å². The zero-order valence-corrected chi connectivity index (χ0v) is 22.2. The number of aromatic nitrogens is 3. The number of carbonyl (C=O) groups excluding carboxylic acids is 1. The Bertz CT molecular complexity index is 1570. The molecular weight excluding hydrogens is 509 g/mol. The third kappa shape index (κ3) is 5.36. The molecule has 0 radical (unpaired) electrons. The predicted molar refractivity (Wildman–Crippen MR) is 153 cm³/mol. The smallest absolute Gasteiger partial charge is 0.247 e. The van der Waals surface area contributed by atoms with Crippen LogP contribution in [0.15, 0.2) is 73.7 Å². The number of benzene rings is 2. The number of pyridine rings is 1. The Kier molecular flexibility index (Phi) is 7.10. The third-order valence-corrected chi connectivity index (χ3v) is 7.38. The summed E-state index contributed by atoms with van der Waals surface area (Å²) in [6, 6.07) is 14.3. The number of ether oxygens (including phenoxy) is 1. The summed E-state index contributed by atoms with van der Waals surface area (Å²) < 4.78 is 20.8. The number of likely N-dealkylation sites (tertiary alicyclic amines) is 2. The molecule has 9 nitrogen and oxygen atoms in total. The topological polar surface area (TPSA) is 95.5 Å². The summed E-state index contributed by atoms with van der Waals surface area (Å²) in [5.74, 6) is 0.387. The zero-order valence-electron chi connectivity index (χ0n) is 22.2. The first-order valence-electron chi connectivity index (χ1n) is 13.3. The first kappa shape index (κ1) is 25.8. The lowest BCUT2D eigenvalue weighted by Gasteiger charge is -2.41. The van der Waals surface area contributed by atoms with Crippen molar-refractivity contribution in [3.05, 3.63) is 79.5 Å². The van der Waals surface area contributed by atoms with Gasteiger partial charge in [-0.3, -0.25) is 14.7 Å². The number of nitrogens with one attached hydrogen (secondary N) is 2. The molecule has 1 amide bonds. The molecule has 4 heterocycles. The van der Waals surface area contributed by atoms with Crippen molar-refractivity contribution < 1.29 is 13.9 Å². The molecule has 2 aromatic carbocycles. The van der Waals surface area contributed by atoms with Crippen molar-refractivity contribution >= 4 is 34.0 Å². The number of hydrogen-bond donors (Lipinski definition) is 2. The molecule has 2 aliphatic rings. The van der Waals surface area contributed by atoms with Crippen LogP contribution in [-0.4, -0.2) is 76.0 Å². The molecule has 0 saturated carbocycles. The van der Waals surface area contributed by atoms with Crippen LogP contribution in [0.3, 0.4) is 0 Å². The van der Waals surface area contributed by atoms with Crippen molar-refractivity contribution in [2.75, 3.05) is 43.9 Å². The van der Waals surface area contributed by atoms with E-state index in [1.807, 2.05) is 6.07 Å². The second-order valence-corrected chi connectivity index (χ2v) is 10.2. The van der Waals surface area contributed by atoms with E-state index >= 15 is 0 Å². The highest BCUT2D eigenvalue weighted by atomic mass is 19.1. The molecular formula is C30H30FN7O2. The van der Waals surface area contributed by atoms with Gasteiger partial charge in [0.15, 0.2) is 0 Å². The van der Waals surface area contributed by atoms with Crippen LogP contribution in [0.4, 0.5) is 21.6 Å². The summed E-state index contributed by atoms with van der Waals surface area (Å²) in [4.78, 5) is 30.3. The van der Waals surface area contributed by atoms with Crippen molar-refractivity contribution in [1.82, 2.24) is 24.8 Å². The van der Waals surface area contributed by atoms with Gasteiger partial charge in [-0.05, 0) is 49.9 Å². The van der Waals surface area contributed by atoms with Gasteiger partial charge in [-0.2, -0.15) is 0 Å². The van der Waals surface area contributed by atoms with Gasteiger partial charge >= 0.3 is 0 Å². The molecule has 204 valence electrons. The largest absolute Gasteiger partial charge is 0.487 e. The quantitative estimate of drug-likeness (QED) is 0.317. The highest BCUT2D eigenvalue weighted by Gasteiger charge is 2.35. The fourth-order valence-corrected chi connectivity index (χ4v) is 5.28. The van der Waals surface area contributed by atoms with E-state index in [2.05, 4.69) is 49.0 Å². The fraction of sp³-hybridized carbons (Fsp3) is 0.267. The van der Waals surface area contributed by atoms with Crippen LogP contribution in [-0.2, 0) is 4.79 Å². The minimum absolute atomic E-state index is 0.00999. The molecule has 6 rings (SSSR count). The number of amides is 1. The van der Waals surface area contributed by atoms with E-state index in [0.29, 0.717) is 51.1 Å². The Hall–Kier alpha value is -4.41. The fourth-order valence-electron chi connectivity index (χ4n) is 5.28. The van der Waals surface area contributed by atoms with Crippen molar-refractivity contribution in [2.24, 2.45) is 0 Å². The summed E-state index contributed by atoms with van der Waals surface area (Å²) in [5.41, 5.74) is 2.75. The van der Waals surface area contributed by atoms with E-state index in [4.69, 9.17) is 4.74 Å². The molecule has 10 heteroatoms. The average molecular weight is 540 g/mol. The summed E-state index contributed by atoms with van der Waals surface area (Å²) in [5, 5.41) is 6.86. The van der Waals surface area contributed by atoms with Gasteiger partial charge in [0.1, 0.15) is 29.8 Å². The molecule has 40 heavy (non-hydrogen) atoms. The highest BCUT2D eigenvalue weighted by molar-refractivity contribution is 6.03. The number of rotatable bonds is 8. The van der Waals surface area contributed by atoms with Crippen LogP contribution in [0.5, 0.6) is 5.75 Å². The molecule has 1 atom stereocenters. The molecule has 0 aliphatic carbocycles. The van der Waals surface area contributed by atoms with Gasteiger partial charge in [-0.25, -0.2) is 14.4 Å². The molecule has 0 spiro atoms. The molecule has 2 aromatic heterocycles. The van der Waals surface area contributed by atoms with Crippen LogP contribution >= 0.6 is 0 Å². The number of carbonyl (C=O) groups is 1. The number of halogens is 1. The number of likely N-dealkylation sites (N-methyl/N-ethyl adjacent to an activating group) is 1. The van der Waals surface area contributed by atoms with E-state index < -0.39 is 0 Å². The SMILES string of the molecule is C=CC(=O)Nc1cc2c(Nc3ccnc(-c4ccccc4F)c3)ncnc2cc1OC1CCN(C2CN(C)C2)C1. The maximum absolute atomic E-state index is 14.4. The Morgan fingerprint density at radius 1 is 1.12 bits per heavy atom. The summed E-state index contributed by atoms with van der Waals surface area (Å²) in [6.45, 7) is 7.57. The molecule has 4 aromatic rings. The lowest BCUT2D eigenvalue weighted by atomic mass is 10.1. The Morgan fingerprint density at radius 2 is 1.98 bits per heavy atom. The molecule has 2 N–H and O–H groups in total. The molecule has 2 saturated heterocycles. The second-order valence-electron chi connectivity index (χ2n) is 10.2. The van der Waals surface area contributed by atoms with Gasteiger partial charge in [0.2, 0.25) is 5.91 Å². The average Bonchev–Trinajstić information content (AvgIpc) is 3.40. The first-order valence-corrected chi connectivity index (χ1v) is 13.3. The summed E-state index contributed by atoms with van der Waals surface area (Å²) in [6.07, 6.45) is 5.23. The normalized spacial score (nSPS) is 17.9. The lowest BCUT2D eigenvalue weighted by molar-refractivity contribution is -0.111. The molecule has 2 aliphatic heterocycles. The summed E-state index contributed by atoms with van der Waals surface area (Å²) in [7, 11) is 2.13. The van der Waals surface area contributed by atoms with E-state index in [1.165, 1.54) is 18.5 Å². The van der Waals surface area contributed by atoms with Crippen LogP contribution in [0.2, 0.25) is 0 Å².